The third-order valence-electron chi connectivity index (χ3n) is 32.2. The number of fused-ring (bicyclic) bond motifs is 24. The van der Waals surface area contributed by atoms with Gasteiger partial charge in [0.1, 0.15) is 11.2 Å². The molecule has 6 aliphatic rings. The van der Waals surface area contributed by atoms with E-state index in [1.807, 2.05) is 6.07 Å². The predicted octanol–water partition coefficient (Wildman–Crippen LogP) is 32.7. The SMILES string of the molecule is CC(C)(C)c1ccc(Cc2ccc(C(C)(C)C)cc2)cc1.Cc1cc2c3c(c1)-n1c4c(c5cc(C(C)(C)C)cc(c51)B3c1ccc(Cl)cc1N2c1cccc2c1oc1ccccc12)-c1ccccc1C4(C)C.Cc1cc2c3c(c1)-n1c4c(c5cc(C(C)(C)C)cc(c51)B3c1ccc(N(c3ccc(C(C)(C)C)cc3)c3ccc(C(C)(C)C)cc3)cc1N2c1cccc2c1oc1ccccc12)-c1ccccc1C4(C)C. The number of rotatable bonds is 7. The number of aromatic nitrogens is 2. The highest BCUT2D eigenvalue weighted by Gasteiger charge is 2.52. The lowest BCUT2D eigenvalue weighted by atomic mass is 9.33. The van der Waals surface area contributed by atoms with Crippen molar-refractivity contribution in [2.24, 2.45) is 0 Å². The molecule has 2 aliphatic carbocycles. The highest BCUT2D eigenvalue weighted by molar-refractivity contribution is 7.01. The summed E-state index contributed by atoms with van der Waals surface area (Å²) in [6, 6.07) is 118. The van der Waals surface area contributed by atoms with Crippen molar-refractivity contribution in [3.8, 4) is 33.6 Å². The first-order valence-corrected chi connectivity index (χ1v) is 51.9. The zero-order valence-corrected chi connectivity index (χ0v) is 88.1. The Bertz CT molecular complexity index is 8590. The lowest BCUT2D eigenvalue weighted by molar-refractivity contribution is 0.589. The third-order valence-corrected chi connectivity index (χ3v) is 32.4. The molecule has 0 fully saturated rings. The molecule has 26 rings (SSSR count). The monoisotopic (exact) mass is 1880 g/mol. The van der Waals surface area contributed by atoms with Crippen LogP contribution in [-0.4, -0.2) is 22.6 Å². The van der Waals surface area contributed by atoms with Crippen molar-refractivity contribution in [1.82, 2.24) is 9.13 Å². The molecule has 0 N–H and O–H groups in total. The second-order valence-electron chi connectivity index (χ2n) is 48.8. The summed E-state index contributed by atoms with van der Waals surface area (Å²) in [5.74, 6) is 0. The van der Waals surface area contributed by atoms with Crippen molar-refractivity contribution in [3.05, 3.63) is 399 Å². The zero-order chi connectivity index (χ0) is 99.6. The first-order chi connectivity index (χ1) is 68.0. The van der Waals surface area contributed by atoms with Crippen molar-refractivity contribution >= 4 is 175 Å². The summed E-state index contributed by atoms with van der Waals surface area (Å²) in [5, 5.41) is 7.89. The van der Waals surface area contributed by atoms with E-state index in [9.17, 15) is 0 Å². The summed E-state index contributed by atoms with van der Waals surface area (Å²) in [5.41, 5.74) is 51.0. The minimum Gasteiger partial charge on any atom is -0.454 e. The fraction of sp³-hybridized carbons (Fsp3) is 0.248. The third kappa shape index (κ3) is 14.4. The number of hydrogen-bond acceptors (Lipinski definition) is 5. The Morgan fingerprint density at radius 2 is 0.636 bits per heavy atom. The molecule has 0 unspecified atom stereocenters. The molecule has 0 amide bonds. The standard InChI is InChI=1S/C66H62BN3O.C46H36BClN2O.C21H28/c1-39-34-55-59-56(35-39)70-60-49(58-48-19-13-15-21-50(48)66(11,12)62(58)70)36-42(65(8,9)10)37-52(60)67(59)51-33-32-45(38-54(51)69(55)53-22-17-20-47-46-18-14-16-23-57(46)71-61(47)53)68(43-28-24-40(25-29-43)63(2,3)4)44-30-26-41(27-31-44)64(5,6)7;1-25-20-37-41-38(21-25)50-42-31(40-30-13-7-9-15-32(30)46(5,6)44(40)50)22-26(45(2,3)4)23-34(42)47(41)33-19-18-27(48)24-36(33)49(37)35-16-11-14-29-28-12-8-10-17-39(28)51-43(29)35;1-20(2,3)18-11-7-16(8-12-18)15-17-9-13-19(14-10-17)21(4,5)6/h13-38H,1-12H3;7-24H,1-6H3;7-14H,15H2,1-6H3. The van der Waals surface area contributed by atoms with Crippen LogP contribution in [0.2, 0.25) is 5.02 Å². The molecule has 7 nitrogen and oxygen atoms in total. The summed E-state index contributed by atoms with van der Waals surface area (Å²) in [6.45, 7) is 55.6. The Morgan fingerprint density at radius 3 is 1.03 bits per heavy atom. The molecule has 4 aliphatic heterocycles. The minimum atomic E-state index is -0.228. The molecule has 8 heterocycles. The van der Waals surface area contributed by atoms with Crippen LogP contribution in [0.3, 0.4) is 0 Å². The first kappa shape index (κ1) is 91.5. The molecule has 20 aromatic rings. The van der Waals surface area contributed by atoms with Crippen LogP contribution in [0.25, 0.3) is 99.3 Å². The quantitative estimate of drug-likeness (QED) is 0.149. The Balaban J connectivity index is 0.000000133. The number of anilines is 9. The summed E-state index contributed by atoms with van der Waals surface area (Å²) in [6.07, 6.45) is 1.01. The van der Waals surface area contributed by atoms with Crippen molar-refractivity contribution in [3.63, 3.8) is 0 Å². The van der Waals surface area contributed by atoms with E-state index < -0.39 is 0 Å². The number of furan rings is 2. The van der Waals surface area contributed by atoms with Gasteiger partial charge in [0.15, 0.2) is 11.2 Å². The van der Waals surface area contributed by atoms with E-state index in [1.165, 1.54) is 178 Å². The van der Waals surface area contributed by atoms with Gasteiger partial charge in [-0.05, 0) is 273 Å². The van der Waals surface area contributed by atoms with Crippen LogP contribution in [0.5, 0.6) is 0 Å². The summed E-state index contributed by atoms with van der Waals surface area (Å²) < 4.78 is 19.1. The number of nitrogens with zero attached hydrogens (tertiary/aromatic N) is 5. The average Bonchev–Trinajstić information content (AvgIpc) is 1.51. The van der Waals surface area contributed by atoms with Gasteiger partial charge in [0, 0.05) is 133 Å². The molecular weight excluding hydrogens is 1760 g/mol. The van der Waals surface area contributed by atoms with E-state index in [0.29, 0.717) is 0 Å². The number of halogens is 1. The summed E-state index contributed by atoms with van der Waals surface area (Å²) in [7, 11) is 0. The lowest BCUT2D eigenvalue weighted by Crippen LogP contribution is -2.61. The van der Waals surface area contributed by atoms with Gasteiger partial charge in [0.25, 0.3) is 13.4 Å². The van der Waals surface area contributed by atoms with Crippen LogP contribution in [0.15, 0.2) is 324 Å². The Kier molecular flexibility index (Phi) is 20.5. The van der Waals surface area contributed by atoms with Crippen LogP contribution in [-0.2, 0) is 49.7 Å². The van der Waals surface area contributed by atoms with E-state index in [2.05, 4.69) is 499 Å². The van der Waals surface area contributed by atoms with E-state index in [4.69, 9.17) is 20.4 Å². The number of aryl methyl sites for hydroxylation is 2. The van der Waals surface area contributed by atoms with Crippen LogP contribution >= 0.6 is 11.6 Å². The molecule has 0 bridgehead atoms. The Hall–Kier alpha value is -14.0. The normalized spacial score (nSPS) is 14.4. The van der Waals surface area contributed by atoms with Gasteiger partial charge in [-0.1, -0.05) is 370 Å². The maximum atomic E-state index is 7.00. The van der Waals surface area contributed by atoms with Crippen molar-refractivity contribution < 1.29 is 8.83 Å². The van der Waals surface area contributed by atoms with Crippen molar-refractivity contribution in [2.75, 3.05) is 14.7 Å². The van der Waals surface area contributed by atoms with E-state index in [0.717, 1.165) is 95.1 Å². The van der Waals surface area contributed by atoms with Gasteiger partial charge >= 0.3 is 0 Å². The number of benzene rings is 16. The van der Waals surface area contributed by atoms with E-state index >= 15 is 0 Å². The van der Waals surface area contributed by atoms with Gasteiger partial charge in [-0.2, -0.15) is 0 Å². The molecule has 16 aromatic carbocycles. The molecular formula is C133H126B2ClN5O2. The Morgan fingerprint density at radius 1 is 0.294 bits per heavy atom. The first-order valence-electron chi connectivity index (χ1n) is 51.5. The summed E-state index contributed by atoms with van der Waals surface area (Å²) in [4.78, 5) is 7.42. The molecule has 143 heavy (non-hydrogen) atoms. The van der Waals surface area contributed by atoms with E-state index in [1.54, 1.807) is 0 Å². The average molecular weight is 1880 g/mol. The summed E-state index contributed by atoms with van der Waals surface area (Å²) >= 11 is 6.93. The second-order valence-corrected chi connectivity index (χ2v) is 49.2. The van der Waals surface area contributed by atoms with Gasteiger partial charge < -0.3 is 32.7 Å². The van der Waals surface area contributed by atoms with Gasteiger partial charge in [-0.3, -0.25) is 0 Å². The fourth-order valence-electron chi connectivity index (χ4n) is 24.8. The minimum absolute atomic E-state index is 0.0275. The highest BCUT2D eigenvalue weighted by atomic mass is 35.5. The topological polar surface area (TPSA) is 45.9 Å². The van der Waals surface area contributed by atoms with Crippen LogP contribution in [0.4, 0.5) is 51.2 Å². The molecule has 0 saturated carbocycles. The maximum Gasteiger partial charge on any atom is 0.252 e. The Labute approximate surface area is 849 Å². The van der Waals surface area contributed by atoms with Gasteiger partial charge in [-0.25, -0.2) is 0 Å². The van der Waals surface area contributed by atoms with Gasteiger partial charge in [-0.15, -0.1) is 0 Å². The lowest BCUT2D eigenvalue weighted by Gasteiger charge is -2.42. The van der Waals surface area contributed by atoms with Gasteiger partial charge in [0.2, 0.25) is 0 Å². The van der Waals surface area contributed by atoms with Crippen LogP contribution in [0.1, 0.15) is 230 Å². The molecule has 4 aromatic heterocycles. The van der Waals surface area contributed by atoms with Gasteiger partial charge in [0.05, 0.1) is 11.4 Å². The van der Waals surface area contributed by atoms with Crippen molar-refractivity contribution in [2.45, 2.75) is 216 Å². The largest absolute Gasteiger partial charge is 0.454 e. The second kappa shape index (κ2) is 32.0. The molecule has 708 valence electrons. The maximum absolute atomic E-state index is 7.00. The fourth-order valence-corrected chi connectivity index (χ4v) is 24.9. The highest BCUT2D eigenvalue weighted by Crippen LogP contribution is 2.59. The molecule has 0 radical (unpaired) electrons. The number of hydrogen-bond donors (Lipinski definition) is 0. The molecule has 0 saturated heterocycles. The zero-order valence-electron chi connectivity index (χ0n) is 87.3. The van der Waals surface area contributed by atoms with Crippen LogP contribution < -0.4 is 47.5 Å². The molecule has 0 atom stereocenters. The number of para-hydroxylation sites is 4. The molecule has 10 heteroatoms. The smallest absolute Gasteiger partial charge is 0.252 e. The predicted molar refractivity (Wildman–Crippen MR) is 612 cm³/mol. The van der Waals surface area contributed by atoms with Crippen molar-refractivity contribution in [1.29, 1.82) is 0 Å². The van der Waals surface area contributed by atoms with Crippen LogP contribution in [0, 0.1) is 13.8 Å². The molecule has 0 spiro atoms. The van der Waals surface area contributed by atoms with E-state index in [-0.39, 0.29) is 56.7 Å².